The summed E-state index contributed by atoms with van der Waals surface area (Å²) in [6.45, 7) is 2.28. The summed E-state index contributed by atoms with van der Waals surface area (Å²) in [5, 5.41) is 0. The molecular formula is C18H39N3. The molecule has 3 nitrogen and oxygen atoms in total. The molecule has 3 N–H and O–H groups in total. The number of nitrogens with zero attached hydrogens (tertiary/aromatic N) is 1. The second-order valence-electron chi connectivity index (χ2n) is 7.19. The van der Waals surface area contributed by atoms with E-state index >= 15 is 0 Å². The van der Waals surface area contributed by atoms with E-state index in [-0.39, 0.29) is 5.54 Å². The van der Waals surface area contributed by atoms with Crippen molar-refractivity contribution >= 4 is 0 Å². The van der Waals surface area contributed by atoms with E-state index in [1.807, 2.05) is 0 Å². The highest BCUT2D eigenvalue weighted by atomic mass is 15.3. The van der Waals surface area contributed by atoms with Gasteiger partial charge in [-0.3, -0.25) is 11.3 Å². The van der Waals surface area contributed by atoms with Crippen molar-refractivity contribution in [2.24, 2.45) is 5.84 Å². The van der Waals surface area contributed by atoms with Gasteiger partial charge in [-0.05, 0) is 33.4 Å². The van der Waals surface area contributed by atoms with Gasteiger partial charge >= 0.3 is 0 Å². The van der Waals surface area contributed by atoms with Crippen LogP contribution in [0.5, 0.6) is 0 Å². The predicted octanol–water partition coefficient (Wildman–Crippen LogP) is 4.22. The van der Waals surface area contributed by atoms with E-state index in [2.05, 4.69) is 31.3 Å². The lowest BCUT2D eigenvalue weighted by molar-refractivity contribution is 0.0524. The minimum atomic E-state index is 0.287. The van der Waals surface area contributed by atoms with E-state index in [0.29, 0.717) is 6.04 Å². The molecule has 1 aliphatic rings. The summed E-state index contributed by atoms with van der Waals surface area (Å²) in [6.07, 6.45) is 17.6. The summed E-state index contributed by atoms with van der Waals surface area (Å²) in [6, 6.07) is 0.448. The van der Waals surface area contributed by atoms with E-state index in [0.717, 1.165) is 0 Å². The number of nitrogens with two attached hydrogens (primary N) is 1. The lowest BCUT2D eigenvalue weighted by Crippen LogP contribution is -2.61. The van der Waals surface area contributed by atoms with Crippen LogP contribution in [0.3, 0.4) is 0 Å². The Hall–Kier alpha value is -0.120. The summed E-state index contributed by atoms with van der Waals surface area (Å²) in [5.74, 6) is 5.93. The topological polar surface area (TPSA) is 41.3 Å². The molecule has 0 bridgehead atoms. The van der Waals surface area contributed by atoms with Gasteiger partial charge in [0.05, 0.1) is 0 Å². The van der Waals surface area contributed by atoms with Crippen LogP contribution in [0.25, 0.3) is 0 Å². The van der Waals surface area contributed by atoms with Gasteiger partial charge in [-0.2, -0.15) is 0 Å². The van der Waals surface area contributed by atoms with Crippen molar-refractivity contribution in [3.63, 3.8) is 0 Å². The number of unbranched alkanes of at least 4 members (excludes halogenated alkanes) is 6. The molecule has 0 aromatic heterocycles. The molecule has 0 radical (unpaired) electrons. The van der Waals surface area contributed by atoms with Crippen molar-refractivity contribution in [1.82, 2.24) is 10.3 Å². The molecule has 1 rings (SSSR count). The van der Waals surface area contributed by atoms with E-state index in [1.54, 1.807) is 0 Å². The lowest BCUT2D eigenvalue weighted by atomic mass is 9.74. The number of nitrogens with one attached hydrogen (secondary N) is 1. The molecule has 1 atom stereocenters. The molecule has 1 aliphatic carbocycles. The summed E-state index contributed by atoms with van der Waals surface area (Å²) < 4.78 is 0. The monoisotopic (exact) mass is 297 g/mol. The Kier molecular flexibility index (Phi) is 9.54. The van der Waals surface area contributed by atoms with Gasteiger partial charge in [0.1, 0.15) is 0 Å². The second kappa shape index (κ2) is 10.6. The average molecular weight is 298 g/mol. The first-order valence-electron chi connectivity index (χ1n) is 9.31. The molecule has 21 heavy (non-hydrogen) atoms. The standard InChI is InChI=1S/C18H39N3/c1-4-5-6-7-8-9-11-14-17(20-19)18(21(2)3)15-12-10-13-16-18/h17,20H,4-16,19H2,1-3H3. The molecule has 126 valence electrons. The number of hydrogen-bond donors (Lipinski definition) is 2. The van der Waals surface area contributed by atoms with Crippen molar-refractivity contribution in [2.45, 2.75) is 102 Å². The molecule has 1 unspecified atom stereocenters. The van der Waals surface area contributed by atoms with Crippen molar-refractivity contribution in [2.75, 3.05) is 14.1 Å². The van der Waals surface area contributed by atoms with Crippen LogP contribution in [0.2, 0.25) is 0 Å². The first-order chi connectivity index (χ1) is 10.2. The van der Waals surface area contributed by atoms with Gasteiger partial charge in [-0.25, -0.2) is 0 Å². The third-order valence-corrected chi connectivity index (χ3v) is 5.56. The highest BCUT2D eigenvalue weighted by molar-refractivity contribution is 4.99. The fourth-order valence-electron chi connectivity index (χ4n) is 4.08. The maximum atomic E-state index is 5.93. The summed E-state index contributed by atoms with van der Waals surface area (Å²) in [4.78, 5) is 2.44. The van der Waals surface area contributed by atoms with Gasteiger partial charge in [0.2, 0.25) is 0 Å². The molecule has 0 amide bonds. The summed E-state index contributed by atoms with van der Waals surface area (Å²) in [5.41, 5.74) is 3.45. The van der Waals surface area contributed by atoms with Crippen LogP contribution in [0.15, 0.2) is 0 Å². The Morgan fingerprint density at radius 3 is 2.05 bits per heavy atom. The number of hydrazine groups is 1. The van der Waals surface area contributed by atoms with Gasteiger partial charge < -0.3 is 4.90 Å². The third kappa shape index (κ3) is 5.88. The minimum absolute atomic E-state index is 0.287. The molecule has 0 aromatic rings. The van der Waals surface area contributed by atoms with Gasteiger partial charge in [-0.1, -0.05) is 71.1 Å². The maximum Gasteiger partial charge on any atom is 0.0394 e. The Bertz CT molecular complexity index is 247. The van der Waals surface area contributed by atoms with Crippen LogP contribution < -0.4 is 11.3 Å². The van der Waals surface area contributed by atoms with Crippen LogP contribution in [0.4, 0.5) is 0 Å². The molecule has 0 heterocycles. The molecule has 0 aromatic carbocycles. The van der Waals surface area contributed by atoms with E-state index in [1.165, 1.54) is 83.5 Å². The third-order valence-electron chi connectivity index (χ3n) is 5.56. The normalized spacial score (nSPS) is 19.9. The van der Waals surface area contributed by atoms with Gasteiger partial charge in [-0.15, -0.1) is 0 Å². The fraction of sp³-hybridized carbons (Fsp3) is 1.00. The van der Waals surface area contributed by atoms with Crippen LogP contribution >= 0.6 is 0 Å². The second-order valence-corrected chi connectivity index (χ2v) is 7.19. The Morgan fingerprint density at radius 2 is 1.52 bits per heavy atom. The van der Waals surface area contributed by atoms with Crippen LogP contribution in [-0.2, 0) is 0 Å². The Labute approximate surface area is 133 Å². The molecule has 0 aliphatic heterocycles. The molecule has 0 saturated heterocycles. The first kappa shape index (κ1) is 18.9. The molecule has 0 spiro atoms. The molecule has 1 saturated carbocycles. The van der Waals surface area contributed by atoms with Crippen LogP contribution in [0, 0.1) is 0 Å². The zero-order valence-electron chi connectivity index (χ0n) is 14.8. The van der Waals surface area contributed by atoms with Gasteiger partial charge in [0.15, 0.2) is 0 Å². The number of likely N-dealkylation sites (N-methyl/N-ethyl adjacent to an activating group) is 1. The largest absolute Gasteiger partial charge is 0.302 e. The van der Waals surface area contributed by atoms with Crippen molar-refractivity contribution in [1.29, 1.82) is 0 Å². The molecule has 3 heteroatoms. The van der Waals surface area contributed by atoms with E-state index in [9.17, 15) is 0 Å². The fourth-order valence-corrected chi connectivity index (χ4v) is 4.08. The highest BCUT2D eigenvalue weighted by Gasteiger charge is 2.40. The van der Waals surface area contributed by atoms with Crippen molar-refractivity contribution in [3.05, 3.63) is 0 Å². The lowest BCUT2D eigenvalue weighted by Gasteiger charge is -2.48. The average Bonchev–Trinajstić information content (AvgIpc) is 2.50. The first-order valence-corrected chi connectivity index (χ1v) is 9.31. The minimum Gasteiger partial charge on any atom is -0.302 e. The highest BCUT2D eigenvalue weighted by Crippen LogP contribution is 2.36. The number of rotatable bonds is 11. The summed E-state index contributed by atoms with van der Waals surface area (Å²) in [7, 11) is 4.47. The van der Waals surface area contributed by atoms with Gasteiger partial charge in [0, 0.05) is 11.6 Å². The SMILES string of the molecule is CCCCCCCCCC(NN)C1(N(C)C)CCCCC1. The van der Waals surface area contributed by atoms with E-state index < -0.39 is 0 Å². The quantitative estimate of drug-likeness (QED) is 0.341. The Balaban J connectivity index is 2.34. The smallest absolute Gasteiger partial charge is 0.0394 e. The zero-order valence-corrected chi connectivity index (χ0v) is 14.8. The van der Waals surface area contributed by atoms with E-state index in [4.69, 9.17) is 5.84 Å². The van der Waals surface area contributed by atoms with Crippen LogP contribution in [0.1, 0.15) is 90.4 Å². The Morgan fingerprint density at radius 1 is 0.952 bits per heavy atom. The maximum absolute atomic E-state index is 5.93. The predicted molar refractivity (Wildman–Crippen MR) is 93.2 cm³/mol. The van der Waals surface area contributed by atoms with Crippen LogP contribution in [-0.4, -0.2) is 30.6 Å². The zero-order chi connectivity index (χ0) is 15.6. The van der Waals surface area contributed by atoms with Gasteiger partial charge in [0.25, 0.3) is 0 Å². The van der Waals surface area contributed by atoms with Crippen molar-refractivity contribution in [3.8, 4) is 0 Å². The van der Waals surface area contributed by atoms with Crippen molar-refractivity contribution < 1.29 is 0 Å². The number of hydrogen-bond acceptors (Lipinski definition) is 3. The molecular weight excluding hydrogens is 258 g/mol. The molecule has 1 fully saturated rings. The summed E-state index contributed by atoms with van der Waals surface area (Å²) >= 11 is 0.